The Balaban J connectivity index is 0.00000480. The number of benzene rings is 1. The molecule has 1 aliphatic heterocycles. The van der Waals surface area contributed by atoms with Gasteiger partial charge in [-0.05, 0) is 50.7 Å². The van der Waals surface area contributed by atoms with E-state index in [1.807, 2.05) is 0 Å². The van der Waals surface area contributed by atoms with E-state index in [1.54, 1.807) is 7.11 Å². The summed E-state index contributed by atoms with van der Waals surface area (Å²) in [4.78, 5) is 4.72. The topological polar surface area (TPSA) is 73.3 Å². The maximum atomic E-state index is 5.87. The minimum Gasteiger partial charge on any atom is -0.491 e. The van der Waals surface area contributed by atoms with Crippen molar-refractivity contribution in [2.75, 3.05) is 59.8 Å². The molecule has 0 radical (unpaired) electrons. The Labute approximate surface area is 204 Å². The lowest BCUT2D eigenvalue weighted by Crippen LogP contribution is -2.38. The highest BCUT2D eigenvalue weighted by Gasteiger charge is 2.13. The van der Waals surface area contributed by atoms with E-state index in [0.717, 1.165) is 76.1 Å². The van der Waals surface area contributed by atoms with Crippen LogP contribution in [0.5, 0.6) is 5.75 Å². The van der Waals surface area contributed by atoms with E-state index in [9.17, 15) is 0 Å². The van der Waals surface area contributed by atoms with E-state index in [4.69, 9.17) is 23.9 Å². The lowest BCUT2D eigenvalue weighted by atomic mass is 10.0. The summed E-state index contributed by atoms with van der Waals surface area (Å²) in [5.74, 6) is 2.33. The molecule has 178 valence electrons. The average molecular weight is 549 g/mol. The van der Waals surface area contributed by atoms with Gasteiger partial charge in [-0.15, -0.1) is 24.0 Å². The third kappa shape index (κ3) is 11.9. The molecule has 1 fully saturated rings. The Morgan fingerprint density at radius 2 is 1.97 bits per heavy atom. The molecule has 1 saturated heterocycles. The van der Waals surface area contributed by atoms with Crippen LogP contribution in [0.2, 0.25) is 0 Å². The molecule has 31 heavy (non-hydrogen) atoms. The monoisotopic (exact) mass is 549 g/mol. The number of halogens is 1. The Morgan fingerprint density at radius 3 is 2.71 bits per heavy atom. The van der Waals surface area contributed by atoms with Crippen molar-refractivity contribution in [2.24, 2.45) is 10.9 Å². The summed E-state index contributed by atoms with van der Waals surface area (Å²) >= 11 is 0. The first kappa shape index (κ1) is 27.9. The first-order valence-corrected chi connectivity index (χ1v) is 11.1. The van der Waals surface area contributed by atoms with Gasteiger partial charge in [-0.3, -0.25) is 0 Å². The smallest absolute Gasteiger partial charge is 0.191 e. The highest BCUT2D eigenvalue weighted by molar-refractivity contribution is 14.0. The summed E-state index contributed by atoms with van der Waals surface area (Å²) in [6.07, 6.45) is 3.18. The Morgan fingerprint density at radius 1 is 1.16 bits per heavy atom. The zero-order chi connectivity index (χ0) is 21.4. The molecule has 1 aromatic rings. The predicted molar refractivity (Wildman–Crippen MR) is 136 cm³/mol. The maximum absolute atomic E-state index is 5.87. The fourth-order valence-electron chi connectivity index (χ4n) is 3.21. The fourth-order valence-corrected chi connectivity index (χ4v) is 3.21. The van der Waals surface area contributed by atoms with Gasteiger partial charge in [-0.1, -0.05) is 12.1 Å². The van der Waals surface area contributed by atoms with Gasteiger partial charge in [0.25, 0.3) is 0 Å². The first-order chi connectivity index (χ1) is 14.7. The molecule has 1 aliphatic rings. The van der Waals surface area contributed by atoms with Gasteiger partial charge in [0, 0.05) is 52.2 Å². The fraction of sp³-hybridized carbons (Fsp3) is 0.696. The lowest BCUT2D eigenvalue weighted by Gasteiger charge is -2.21. The molecule has 2 rings (SSSR count). The van der Waals surface area contributed by atoms with Crippen LogP contribution < -0.4 is 15.4 Å². The van der Waals surface area contributed by atoms with Crippen molar-refractivity contribution in [1.82, 2.24) is 10.6 Å². The second kappa shape index (κ2) is 17.5. The van der Waals surface area contributed by atoms with E-state index in [0.29, 0.717) is 25.7 Å². The van der Waals surface area contributed by atoms with Gasteiger partial charge >= 0.3 is 0 Å². The SMILES string of the molecule is CCNC(=NCc1ccc(C)cc1OCCOC)NCCCOCC1CCOCC1.I. The van der Waals surface area contributed by atoms with Gasteiger partial charge < -0.3 is 29.6 Å². The van der Waals surface area contributed by atoms with Gasteiger partial charge in [0.1, 0.15) is 12.4 Å². The number of ether oxygens (including phenoxy) is 4. The molecule has 0 aromatic heterocycles. The number of methoxy groups -OCH3 is 1. The van der Waals surface area contributed by atoms with Crippen molar-refractivity contribution >= 4 is 29.9 Å². The third-order valence-corrected chi connectivity index (χ3v) is 4.97. The molecule has 7 nitrogen and oxygen atoms in total. The molecule has 8 heteroatoms. The second-order valence-corrected chi connectivity index (χ2v) is 7.56. The summed E-state index contributed by atoms with van der Waals surface area (Å²) in [7, 11) is 1.68. The van der Waals surface area contributed by atoms with Gasteiger partial charge in [-0.2, -0.15) is 0 Å². The Hall–Kier alpha value is -1.10. The van der Waals surface area contributed by atoms with Gasteiger partial charge in [0.2, 0.25) is 0 Å². The molecule has 1 aromatic carbocycles. The van der Waals surface area contributed by atoms with Crippen LogP contribution in [0.4, 0.5) is 0 Å². The van der Waals surface area contributed by atoms with Gasteiger partial charge in [0.05, 0.1) is 13.2 Å². The minimum absolute atomic E-state index is 0. The van der Waals surface area contributed by atoms with Crippen LogP contribution in [0.1, 0.15) is 37.3 Å². The number of guanidine groups is 1. The highest BCUT2D eigenvalue weighted by atomic mass is 127. The minimum atomic E-state index is 0. The largest absolute Gasteiger partial charge is 0.491 e. The number of nitrogens with one attached hydrogen (secondary N) is 2. The van der Waals surface area contributed by atoms with Crippen LogP contribution in [-0.2, 0) is 20.8 Å². The van der Waals surface area contributed by atoms with Crippen LogP contribution in [0.25, 0.3) is 0 Å². The number of hydrogen-bond donors (Lipinski definition) is 2. The molecular weight excluding hydrogens is 509 g/mol. The molecule has 0 aliphatic carbocycles. The molecule has 1 heterocycles. The quantitative estimate of drug-likeness (QED) is 0.170. The third-order valence-electron chi connectivity index (χ3n) is 4.97. The summed E-state index contributed by atoms with van der Waals surface area (Å²) in [6.45, 7) is 10.8. The number of hydrogen-bond acceptors (Lipinski definition) is 5. The van der Waals surface area contributed by atoms with Crippen LogP contribution in [0, 0.1) is 12.8 Å². The van der Waals surface area contributed by atoms with Crippen LogP contribution in [-0.4, -0.2) is 65.8 Å². The van der Waals surface area contributed by atoms with Crippen LogP contribution in [0.3, 0.4) is 0 Å². The van der Waals surface area contributed by atoms with Gasteiger partial charge in [-0.25, -0.2) is 4.99 Å². The first-order valence-electron chi connectivity index (χ1n) is 11.1. The number of rotatable bonds is 13. The molecular formula is C23H40IN3O4. The summed E-state index contributed by atoms with van der Waals surface area (Å²) in [5.41, 5.74) is 2.23. The predicted octanol–water partition coefficient (Wildman–Crippen LogP) is 3.53. The van der Waals surface area contributed by atoms with E-state index >= 15 is 0 Å². The molecule has 0 atom stereocenters. The Bertz CT molecular complexity index is 625. The second-order valence-electron chi connectivity index (χ2n) is 7.56. The summed E-state index contributed by atoms with van der Waals surface area (Å²) in [5, 5.41) is 6.69. The summed E-state index contributed by atoms with van der Waals surface area (Å²) < 4.78 is 22.2. The van der Waals surface area contributed by atoms with Crippen molar-refractivity contribution in [3.63, 3.8) is 0 Å². The molecule has 0 spiro atoms. The van der Waals surface area contributed by atoms with Gasteiger partial charge in [0.15, 0.2) is 5.96 Å². The lowest BCUT2D eigenvalue weighted by molar-refractivity contribution is 0.0203. The van der Waals surface area contributed by atoms with Crippen molar-refractivity contribution in [3.8, 4) is 5.75 Å². The molecule has 0 unspecified atom stereocenters. The summed E-state index contributed by atoms with van der Waals surface area (Å²) in [6, 6.07) is 6.22. The van der Waals surface area contributed by atoms with Crippen LogP contribution >= 0.6 is 24.0 Å². The van der Waals surface area contributed by atoms with E-state index in [1.165, 1.54) is 5.56 Å². The zero-order valence-electron chi connectivity index (χ0n) is 19.3. The molecule has 2 N–H and O–H groups in total. The standard InChI is InChI=1S/C23H39N3O4.HI/c1-4-24-23(25-10-5-11-29-18-20-8-12-28-13-9-20)26-17-21-7-6-19(2)16-22(21)30-15-14-27-3;/h6-7,16,20H,4-5,8-15,17-18H2,1-3H3,(H2,24,25,26);1H. The number of nitrogens with zero attached hydrogens (tertiary/aromatic N) is 1. The van der Waals surface area contributed by atoms with Crippen molar-refractivity contribution in [2.45, 2.75) is 39.7 Å². The number of aliphatic imine (C=N–C) groups is 1. The zero-order valence-corrected chi connectivity index (χ0v) is 21.6. The van der Waals surface area contributed by atoms with Crippen LogP contribution in [0.15, 0.2) is 23.2 Å². The molecule has 0 amide bonds. The number of aryl methyl sites for hydroxylation is 1. The molecule has 0 bridgehead atoms. The van der Waals surface area contributed by atoms with E-state index < -0.39 is 0 Å². The van der Waals surface area contributed by atoms with E-state index in [-0.39, 0.29) is 24.0 Å². The molecule has 0 saturated carbocycles. The van der Waals surface area contributed by atoms with Crippen molar-refractivity contribution < 1.29 is 18.9 Å². The maximum Gasteiger partial charge on any atom is 0.191 e. The van der Waals surface area contributed by atoms with Crippen molar-refractivity contribution in [3.05, 3.63) is 29.3 Å². The highest BCUT2D eigenvalue weighted by Crippen LogP contribution is 2.21. The average Bonchev–Trinajstić information content (AvgIpc) is 2.76. The Kier molecular flexibility index (Phi) is 15.7. The van der Waals surface area contributed by atoms with E-state index in [2.05, 4.69) is 42.7 Å². The van der Waals surface area contributed by atoms with Crippen molar-refractivity contribution in [1.29, 1.82) is 0 Å². The normalized spacial score (nSPS) is 14.7.